The number of ketones is 1. The summed E-state index contributed by atoms with van der Waals surface area (Å²) in [4.78, 5) is 11.6. The van der Waals surface area contributed by atoms with Crippen LogP contribution in [0.3, 0.4) is 0 Å². The molecule has 4 heteroatoms. The van der Waals surface area contributed by atoms with Crippen molar-refractivity contribution in [3.05, 3.63) is 47.0 Å². The van der Waals surface area contributed by atoms with Crippen molar-refractivity contribution >= 4 is 5.78 Å². The third-order valence-corrected chi connectivity index (χ3v) is 1.79. The summed E-state index contributed by atoms with van der Waals surface area (Å²) in [6, 6.07) is 6.53. The summed E-state index contributed by atoms with van der Waals surface area (Å²) < 4.78 is 12.8. The highest BCUT2D eigenvalue weighted by molar-refractivity contribution is 6.11. The second-order valence-corrected chi connectivity index (χ2v) is 2.91. The van der Waals surface area contributed by atoms with Crippen molar-refractivity contribution < 1.29 is 14.3 Å². The van der Waals surface area contributed by atoms with E-state index < -0.39 is 11.6 Å². The van der Waals surface area contributed by atoms with Crippen LogP contribution in [0.1, 0.15) is 17.3 Å². The average molecular weight is 205 g/mol. The number of hydrogen-bond acceptors (Lipinski definition) is 3. The normalized spacial score (nSPS) is 11.5. The fourth-order valence-electron chi connectivity index (χ4n) is 1.07. The lowest BCUT2D eigenvalue weighted by Gasteiger charge is -2.00. The molecule has 0 aromatic heterocycles. The highest BCUT2D eigenvalue weighted by Gasteiger charge is 2.15. The number of benzene rings is 1. The van der Waals surface area contributed by atoms with E-state index in [9.17, 15) is 9.18 Å². The van der Waals surface area contributed by atoms with Gasteiger partial charge in [-0.25, -0.2) is 4.39 Å². The SMILES string of the molecule is C/C(O)=C(\C#N)C(=O)c1cccc(F)c1. The van der Waals surface area contributed by atoms with Crippen LogP contribution in [-0.2, 0) is 0 Å². The molecule has 0 bridgehead atoms. The first-order valence-electron chi connectivity index (χ1n) is 4.16. The maximum Gasteiger partial charge on any atom is 0.207 e. The van der Waals surface area contributed by atoms with Gasteiger partial charge in [0.25, 0.3) is 0 Å². The van der Waals surface area contributed by atoms with E-state index in [1.54, 1.807) is 6.07 Å². The molecule has 0 unspecified atom stereocenters. The molecule has 0 saturated carbocycles. The monoisotopic (exact) mass is 205 g/mol. The zero-order valence-corrected chi connectivity index (χ0v) is 7.99. The molecular weight excluding hydrogens is 197 g/mol. The summed E-state index contributed by atoms with van der Waals surface area (Å²) in [5, 5.41) is 17.7. The van der Waals surface area contributed by atoms with Crippen LogP contribution in [0.5, 0.6) is 0 Å². The molecule has 0 atom stereocenters. The highest BCUT2D eigenvalue weighted by atomic mass is 19.1. The molecule has 1 aromatic rings. The number of carbonyl (C=O) groups is 1. The Morgan fingerprint density at radius 2 is 2.20 bits per heavy atom. The third-order valence-electron chi connectivity index (χ3n) is 1.79. The zero-order valence-electron chi connectivity index (χ0n) is 7.99. The van der Waals surface area contributed by atoms with Gasteiger partial charge in [0.05, 0.1) is 0 Å². The fourth-order valence-corrected chi connectivity index (χ4v) is 1.07. The van der Waals surface area contributed by atoms with Crippen LogP contribution in [0.25, 0.3) is 0 Å². The van der Waals surface area contributed by atoms with Gasteiger partial charge in [-0.2, -0.15) is 5.26 Å². The van der Waals surface area contributed by atoms with Crippen molar-refractivity contribution in [1.82, 2.24) is 0 Å². The maximum absolute atomic E-state index is 12.8. The number of aliphatic hydroxyl groups is 1. The van der Waals surface area contributed by atoms with Gasteiger partial charge in [-0.1, -0.05) is 12.1 Å². The molecule has 1 N–H and O–H groups in total. The molecule has 1 aromatic carbocycles. The van der Waals surface area contributed by atoms with E-state index in [4.69, 9.17) is 10.4 Å². The fraction of sp³-hybridized carbons (Fsp3) is 0.0909. The maximum atomic E-state index is 12.8. The second-order valence-electron chi connectivity index (χ2n) is 2.91. The summed E-state index contributed by atoms with van der Waals surface area (Å²) in [5.74, 6) is -1.61. The number of rotatable bonds is 2. The molecule has 0 aliphatic carbocycles. The van der Waals surface area contributed by atoms with Gasteiger partial charge in [0.1, 0.15) is 23.2 Å². The molecule has 0 amide bonds. The Hall–Kier alpha value is -2.15. The van der Waals surface area contributed by atoms with E-state index >= 15 is 0 Å². The molecule has 0 heterocycles. The lowest BCUT2D eigenvalue weighted by molar-refractivity contribution is 0.103. The summed E-state index contributed by atoms with van der Waals surface area (Å²) in [5.41, 5.74) is -0.333. The summed E-state index contributed by atoms with van der Waals surface area (Å²) in [6.45, 7) is 1.23. The number of aliphatic hydroxyl groups excluding tert-OH is 1. The Labute approximate surface area is 86.1 Å². The number of hydrogen-bond donors (Lipinski definition) is 1. The molecule has 76 valence electrons. The first-order chi connectivity index (χ1) is 7.06. The van der Waals surface area contributed by atoms with Crippen LogP contribution < -0.4 is 0 Å². The van der Waals surface area contributed by atoms with Gasteiger partial charge in [-0.3, -0.25) is 4.79 Å². The van der Waals surface area contributed by atoms with Crippen molar-refractivity contribution in [2.75, 3.05) is 0 Å². The lowest BCUT2D eigenvalue weighted by atomic mass is 10.0. The van der Waals surface area contributed by atoms with Gasteiger partial charge in [0.15, 0.2) is 0 Å². The van der Waals surface area contributed by atoms with Crippen LogP contribution in [0.4, 0.5) is 4.39 Å². The first-order valence-corrected chi connectivity index (χ1v) is 4.16. The van der Waals surface area contributed by atoms with Crippen LogP contribution in [-0.4, -0.2) is 10.9 Å². The Bertz CT molecular complexity index is 468. The molecule has 15 heavy (non-hydrogen) atoms. The number of Topliss-reactive ketones (excluding diaryl/α,β-unsaturated/α-hetero) is 1. The first kappa shape index (κ1) is 10.9. The minimum Gasteiger partial charge on any atom is -0.511 e. The predicted octanol–water partition coefficient (Wildman–Crippen LogP) is 2.36. The number of allylic oxidation sites excluding steroid dienone is 2. The summed E-state index contributed by atoms with van der Waals surface area (Å²) in [6.07, 6.45) is 0. The van der Waals surface area contributed by atoms with Gasteiger partial charge in [0.2, 0.25) is 5.78 Å². The molecule has 0 saturated heterocycles. The van der Waals surface area contributed by atoms with Crippen molar-refractivity contribution in [3.63, 3.8) is 0 Å². The highest BCUT2D eigenvalue weighted by Crippen LogP contribution is 2.11. The van der Waals surface area contributed by atoms with Gasteiger partial charge in [-0.15, -0.1) is 0 Å². The van der Waals surface area contributed by atoms with E-state index in [0.717, 1.165) is 6.07 Å². The molecule has 3 nitrogen and oxygen atoms in total. The molecule has 0 spiro atoms. The Morgan fingerprint density at radius 1 is 1.53 bits per heavy atom. The van der Waals surface area contributed by atoms with E-state index in [1.165, 1.54) is 25.1 Å². The Kier molecular flexibility index (Phi) is 3.19. The Balaban J connectivity index is 3.17. The minimum atomic E-state index is -0.683. The quantitative estimate of drug-likeness (QED) is 0.349. The van der Waals surface area contributed by atoms with Gasteiger partial charge < -0.3 is 5.11 Å². The molecule has 0 aliphatic heterocycles. The minimum absolute atomic E-state index is 0.0416. The van der Waals surface area contributed by atoms with Crippen LogP contribution in [0, 0.1) is 17.1 Å². The molecular formula is C11H8FNO2. The van der Waals surface area contributed by atoms with Crippen LogP contribution >= 0.6 is 0 Å². The summed E-state index contributed by atoms with van der Waals surface area (Å²) in [7, 11) is 0. The van der Waals surface area contributed by atoms with Crippen LogP contribution in [0.15, 0.2) is 35.6 Å². The number of carbonyl (C=O) groups excluding carboxylic acids is 1. The molecule has 0 aliphatic rings. The molecule has 0 radical (unpaired) electrons. The number of nitrogens with zero attached hydrogens (tertiary/aromatic N) is 1. The Morgan fingerprint density at radius 3 is 2.67 bits per heavy atom. The standard InChI is InChI=1S/C11H8FNO2/c1-7(14)10(6-13)11(15)8-3-2-4-9(12)5-8/h2-5,14H,1H3/b10-7-. The largest absolute Gasteiger partial charge is 0.511 e. The van der Waals surface area contributed by atoms with Crippen LogP contribution in [0.2, 0.25) is 0 Å². The van der Waals surface area contributed by atoms with E-state index in [1.807, 2.05) is 0 Å². The second kappa shape index (κ2) is 4.38. The van der Waals surface area contributed by atoms with Crippen molar-refractivity contribution in [3.8, 4) is 6.07 Å². The summed E-state index contributed by atoms with van der Waals surface area (Å²) >= 11 is 0. The van der Waals surface area contributed by atoms with Gasteiger partial charge in [0, 0.05) is 5.56 Å². The van der Waals surface area contributed by atoms with E-state index in [2.05, 4.69) is 0 Å². The van der Waals surface area contributed by atoms with Crippen molar-refractivity contribution in [1.29, 1.82) is 5.26 Å². The number of halogens is 1. The topological polar surface area (TPSA) is 61.1 Å². The molecule has 0 fully saturated rings. The predicted molar refractivity (Wildman–Crippen MR) is 51.7 cm³/mol. The van der Waals surface area contributed by atoms with Crippen molar-refractivity contribution in [2.24, 2.45) is 0 Å². The zero-order chi connectivity index (χ0) is 11.4. The van der Waals surface area contributed by atoms with Crippen molar-refractivity contribution in [2.45, 2.75) is 6.92 Å². The van der Waals surface area contributed by atoms with Gasteiger partial charge in [-0.05, 0) is 19.1 Å². The molecule has 1 rings (SSSR count). The number of nitriles is 1. The van der Waals surface area contributed by atoms with E-state index in [0.29, 0.717) is 0 Å². The van der Waals surface area contributed by atoms with E-state index in [-0.39, 0.29) is 16.9 Å². The van der Waals surface area contributed by atoms with Gasteiger partial charge >= 0.3 is 0 Å². The smallest absolute Gasteiger partial charge is 0.207 e. The lowest BCUT2D eigenvalue weighted by Crippen LogP contribution is -2.04. The average Bonchev–Trinajstić information content (AvgIpc) is 2.18. The third kappa shape index (κ3) is 2.41.